The largest absolute Gasteiger partial charge is 0.409 e. The standard InChI is InChI=1S/C12H27N3OS/c1-3-11(10-12(13)15-16)14-8-6-4-5-7-9-17-2/h11,14,16H,3-10H2,1-2H3,(H2,13,15). The summed E-state index contributed by atoms with van der Waals surface area (Å²) in [5, 5.41) is 15.0. The van der Waals surface area contributed by atoms with Crippen molar-refractivity contribution in [1.29, 1.82) is 0 Å². The van der Waals surface area contributed by atoms with Crippen LogP contribution in [0.3, 0.4) is 0 Å². The number of amidine groups is 1. The van der Waals surface area contributed by atoms with E-state index >= 15 is 0 Å². The van der Waals surface area contributed by atoms with E-state index < -0.39 is 0 Å². The highest BCUT2D eigenvalue weighted by molar-refractivity contribution is 7.98. The van der Waals surface area contributed by atoms with Crippen LogP contribution in [0, 0.1) is 0 Å². The highest BCUT2D eigenvalue weighted by Gasteiger charge is 2.07. The Morgan fingerprint density at radius 2 is 2.06 bits per heavy atom. The summed E-state index contributed by atoms with van der Waals surface area (Å²) in [5.74, 6) is 1.58. The lowest BCUT2D eigenvalue weighted by Crippen LogP contribution is -2.33. The number of nitrogens with two attached hydrogens (primary N) is 1. The molecule has 17 heavy (non-hydrogen) atoms. The summed E-state index contributed by atoms with van der Waals surface area (Å²) in [5.41, 5.74) is 5.49. The van der Waals surface area contributed by atoms with Crippen LogP contribution in [0.1, 0.15) is 45.4 Å². The van der Waals surface area contributed by atoms with Gasteiger partial charge in [-0.05, 0) is 37.8 Å². The third-order valence-electron chi connectivity index (χ3n) is 2.79. The molecule has 1 unspecified atom stereocenters. The Morgan fingerprint density at radius 3 is 2.65 bits per heavy atom. The van der Waals surface area contributed by atoms with E-state index in [4.69, 9.17) is 10.9 Å². The second-order valence-corrected chi connectivity index (χ2v) is 5.25. The maximum Gasteiger partial charge on any atom is 0.140 e. The van der Waals surface area contributed by atoms with Crippen molar-refractivity contribution in [3.8, 4) is 0 Å². The molecule has 0 rings (SSSR count). The topological polar surface area (TPSA) is 70.6 Å². The van der Waals surface area contributed by atoms with Gasteiger partial charge < -0.3 is 16.3 Å². The first kappa shape index (κ1) is 16.6. The molecule has 0 aromatic rings. The smallest absolute Gasteiger partial charge is 0.140 e. The van der Waals surface area contributed by atoms with Gasteiger partial charge in [-0.25, -0.2) is 0 Å². The Bertz CT molecular complexity index is 200. The number of rotatable bonds is 11. The van der Waals surface area contributed by atoms with E-state index in [1.165, 1.54) is 31.4 Å². The van der Waals surface area contributed by atoms with Gasteiger partial charge in [-0.15, -0.1) is 0 Å². The molecule has 0 heterocycles. The molecule has 0 aliphatic carbocycles. The molecule has 1 atom stereocenters. The molecular formula is C12H27N3OS. The zero-order valence-electron chi connectivity index (χ0n) is 11.1. The molecule has 0 aromatic heterocycles. The van der Waals surface area contributed by atoms with E-state index in [9.17, 15) is 0 Å². The van der Waals surface area contributed by atoms with Crippen molar-refractivity contribution in [3.63, 3.8) is 0 Å². The number of nitrogens with one attached hydrogen (secondary N) is 1. The normalized spacial score (nSPS) is 13.9. The Hall–Kier alpha value is -0.420. The van der Waals surface area contributed by atoms with E-state index in [0.717, 1.165) is 13.0 Å². The molecule has 0 amide bonds. The van der Waals surface area contributed by atoms with Crippen LogP contribution in [-0.4, -0.2) is 35.6 Å². The number of unbranched alkanes of at least 4 members (excludes halogenated alkanes) is 3. The molecule has 0 aromatic carbocycles. The second kappa shape index (κ2) is 12.0. The van der Waals surface area contributed by atoms with Crippen molar-refractivity contribution in [3.05, 3.63) is 0 Å². The van der Waals surface area contributed by atoms with Crippen LogP contribution in [-0.2, 0) is 0 Å². The molecule has 4 N–H and O–H groups in total. The fourth-order valence-corrected chi connectivity index (χ4v) is 2.18. The minimum Gasteiger partial charge on any atom is -0.409 e. The average Bonchev–Trinajstić information content (AvgIpc) is 2.35. The summed E-state index contributed by atoms with van der Waals surface area (Å²) in [6.07, 6.45) is 8.92. The molecule has 0 aliphatic rings. The Kier molecular flexibility index (Phi) is 11.8. The van der Waals surface area contributed by atoms with Crippen LogP contribution in [0.25, 0.3) is 0 Å². The molecule has 0 radical (unpaired) electrons. The number of nitrogens with zero attached hydrogens (tertiary/aromatic N) is 1. The molecule has 0 saturated heterocycles. The van der Waals surface area contributed by atoms with Crippen LogP contribution in [0.15, 0.2) is 5.16 Å². The lowest BCUT2D eigenvalue weighted by Gasteiger charge is -2.15. The molecule has 0 bridgehead atoms. The lowest BCUT2D eigenvalue weighted by atomic mass is 10.1. The molecular weight excluding hydrogens is 234 g/mol. The summed E-state index contributed by atoms with van der Waals surface area (Å²) in [6.45, 7) is 3.14. The molecule has 102 valence electrons. The van der Waals surface area contributed by atoms with Crippen LogP contribution in [0.5, 0.6) is 0 Å². The van der Waals surface area contributed by atoms with Gasteiger partial charge in [-0.3, -0.25) is 0 Å². The fraction of sp³-hybridized carbons (Fsp3) is 0.917. The zero-order valence-corrected chi connectivity index (χ0v) is 11.9. The first-order valence-corrected chi connectivity index (χ1v) is 7.82. The maximum atomic E-state index is 8.50. The van der Waals surface area contributed by atoms with Crippen molar-refractivity contribution in [2.24, 2.45) is 10.9 Å². The van der Waals surface area contributed by atoms with Crippen LogP contribution in [0.2, 0.25) is 0 Å². The van der Waals surface area contributed by atoms with Crippen molar-refractivity contribution >= 4 is 17.6 Å². The fourth-order valence-electron chi connectivity index (χ4n) is 1.69. The molecule has 0 aliphatic heterocycles. The number of hydrogen-bond acceptors (Lipinski definition) is 4. The summed E-state index contributed by atoms with van der Waals surface area (Å²) < 4.78 is 0. The zero-order chi connectivity index (χ0) is 12.9. The molecule has 0 fully saturated rings. The SMILES string of the molecule is CCC(CC(N)=NO)NCCCCCCSC. The summed E-state index contributed by atoms with van der Waals surface area (Å²) in [6, 6.07) is 0.331. The predicted molar refractivity (Wildman–Crippen MR) is 77.0 cm³/mol. The van der Waals surface area contributed by atoms with Gasteiger partial charge in [0.1, 0.15) is 5.84 Å². The molecule has 4 nitrogen and oxygen atoms in total. The highest BCUT2D eigenvalue weighted by Crippen LogP contribution is 2.04. The van der Waals surface area contributed by atoms with Gasteiger partial charge in [0.15, 0.2) is 0 Å². The van der Waals surface area contributed by atoms with Crippen LogP contribution in [0.4, 0.5) is 0 Å². The number of oxime groups is 1. The Balaban J connectivity index is 3.43. The quantitative estimate of drug-likeness (QED) is 0.176. The van der Waals surface area contributed by atoms with Crippen molar-refractivity contribution in [2.45, 2.75) is 51.5 Å². The van der Waals surface area contributed by atoms with E-state index in [1.807, 2.05) is 11.8 Å². The third kappa shape index (κ3) is 10.5. The van der Waals surface area contributed by atoms with Crippen molar-refractivity contribution in [2.75, 3.05) is 18.6 Å². The van der Waals surface area contributed by atoms with Crippen molar-refractivity contribution < 1.29 is 5.21 Å². The predicted octanol–water partition coefficient (Wildman–Crippen LogP) is 2.41. The van der Waals surface area contributed by atoms with Crippen LogP contribution >= 0.6 is 11.8 Å². The van der Waals surface area contributed by atoms with Gasteiger partial charge >= 0.3 is 0 Å². The average molecular weight is 261 g/mol. The monoisotopic (exact) mass is 261 g/mol. The highest BCUT2D eigenvalue weighted by atomic mass is 32.2. The molecule has 0 spiro atoms. The Labute approximate surface area is 109 Å². The first-order chi connectivity index (χ1) is 8.24. The van der Waals surface area contributed by atoms with Crippen LogP contribution < -0.4 is 11.1 Å². The molecule has 5 heteroatoms. The van der Waals surface area contributed by atoms with Gasteiger partial charge in [0.25, 0.3) is 0 Å². The first-order valence-electron chi connectivity index (χ1n) is 6.43. The number of thioether (sulfide) groups is 1. The molecule has 0 saturated carbocycles. The maximum absolute atomic E-state index is 8.50. The van der Waals surface area contributed by atoms with Gasteiger partial charge in [0.2, 0.25) is 0 Å². The van der Waals surface area contributed by atoms with E-state index in [0.29, 0.717) is 18.3 Å². The Morgan fingerprint density at radius 1 is 1.35 bits per heavy atom. The number of hydrogen-bond donors (Lipinski definition) is 3. The lowest BCUT2D eigenvalue weighted by molar-refractivity contribution is 0.315. The van der Waals surface area contributed by atoms with E-state index in [1.54, 1.807) is 0 Å². The van der Waals surface area contributed by atoms with Crippen molar-refractivity contribution in [1.82, 2.24) is 5.32 Å². The minimum atomic E-state index is 0.310. The summed E-state index contributed by atoms with van der Waals surface area (Å²) in [4.78, 5) is 0. The second-order valence-electron chi connectivity index (χ2n) is 4.26. The van der Waals surface area contributed by atoms with Gasteiger partial charge in [-0.2, -0.15) is 11.8 Å². The minimum absolute atomic E-state index is 0.310. The van der Waals surface area contributed by atoms with E-state index in [-0.39, 0.29) is 0 Å². The van der Waals surface area contributed by atoms with Gasteiger partial charge in [0.05, 0.1) is 0 Å². The third-order valence-corrected chi connectivity index (χ3v) is 3.48. The summed E-state index contributed by atoms with van der Waals surface area (Å²) in [7, 11) is 0. The van der Waals surface area contributed by atoms with Gasteiger partial charge in [-0.1, -0.05) is 24.9 Å². The summed E-state index contributed by atoms with van der Waals surface area (Å²) >= 11 is 1.92. The van der Waals surface area contributed by atoms with Gasteiger partial charge in [0, 0.05) is 12.5 Å². The van der Waals surface area contributed by atoms with E-state index in [2.05, 4.69) is 23.7 Å².